The Hall–Kier alpha value is -0.570. The van der Waals surface area contributed by atoms with E-state index in [9.17, 15) is 4.79 Å². The summed E-state index contributed by atoms with van der Waals surface area (Å²) in [5.74, 6) is 0.687. The maximum Gasteiger partial charge on any atom is 0.307 e. The summed E-state index contributed by atoms with van der Waals surface area (Å²) in [5.41, 5.74) is 0.0490. The van der Waals surface area contributed by atoms with Gasteiger partial charge in [-0.3, -0.25) is 9.69 Å². The minimum Gasteiger partial charge on any atom is -0.466 e. The van der Waals surface area contributed by atoms with Gasteiger partial charge in [-0.1, -0.05) is 33.6 Å². The number of nitrogens with zero attached hydrogens (tertiary/aromatic N) is 1. The summed E-state index contributed by atoms with van der Waals surface area (Å²) < 4.78 is 5.18. The summed E-state index contributed by atoms with van der Waals surface area (Å²) in [5, 5.41) is 0. The summed E-state index contributed by atoms with van der Waals surface area (Å²) in [6.07, 6.45) is 5.36. The molecule has 18 heavy (non-hydrogen) atoms. The van der Waals surface area contributed by atoms with E-state index < -0.39 is 0 Å². The van der Waals surface area contributed by atoms with Crippen molar-refractivity contribution < 1.29 is 9.53 Å². The van der Waals surface area contributed by atoms with Crippen LogP contribution in [0.25, 0.3) is 0 Å². The fraction of sp³-hybridized carbons (Fsp3) is 0.933. The van der Waals surface area contributed by atoms with E-state index in [1.807, 2.05) is 6.92 Å². The molecule has 1 rings (SSSR count). The lowest BCUT2D eigenvalue weighted by Crippen LogP contribution is -2.52. The molecule has 0 amide bonds. The molecule has 0 aromatic rings. The van der Waals surface area contributed by atoms with Crippen molar-refractivity contribution >= 4 is 5.97 Å². The topological polar surface area (TPSA) is 29.5 Å². The van der Waals surface area contributed by atoms with Gasteiger partial charge in [-0.05, 0) is 38.8 Å². The Morgan fingerprint density at radius 2 is 2.00 bits per heavy atom. The standard InChI is InChI=1S/C15H29NO2/c1-5-16(6-2)15(12-14(17)18-7-3)10-8-9-13(4)11-15/h13H,5-12H2,1-4H3. The second kappa shape index (κ2) is 7.13. The molecule has 2 atom stereocenters. The highest BCUT2D eigenvalue weighted by Crippen LogP contribution is 2.39. The first-order chi connectivity index (χ1) is 8.57. The van der Waals surface area contributed by atoms with Crippen LogP contribution in [0, 0.1) is 5.92 Å². The maximum atomic E-state index is 11.9. The number of esters is 1. The van der Waals surface area contributed by atoms with Crippen LogP contribution in [0.5, 0.6) is 0 Å². The first-order valence-corrected chi connectivity index (χ1v) is 7.48. The Labute approximate surface area is 112 Å². The van der Waals surface area contributed by atoms with Crippen LogP contribution in [0.3, 0.4) is 0 Å². The average Bonchev–Trinajstić information content (AvgIpc) is 2.30. The van der Waals surface area contributed by atoms with Crippen LogP contribution in [0.2, 0.25) is 0 Å². The molecule has 0 bridgehead atoms. The minimum atomic E-state index is -0.0292. The Kier molecular flexibility index (Phi) is 6.13. The number of ether oxygens (including phenoxy) is 1. The molecular formula is C15H29NO2. The first kappa shape index (κ1) is 15.5. The molecular weight excluding hydrogens is 226 g/mol. The highest BCUT2D eigenvalue weighted by Gasteiger charge is 2.40. The van der Waals surface area contributed by atoms with Gasteiger partial charge in [-0.25, -0.2) is 0 Å². The fourth-order valence-electron chi connectivity index (χ4n) is 3.57. The molecule has 0 radical (unpaired) electrons. The van der Waals surface area contributed by atoms with Gasteiger partial charge in [0.25, 0.3) is 0 Å². The van der Waals surface area contributed by atoms with Crippen molar-refractivity contribution in [3.8, 4) is 0 Å². The number of rotatable bonds is 6. The molecule has 1 aliphatic rings. The summed E-state index contributed by atoms with van der Waals surface area (Å²) in [7, 11) is 0. The average molecular weight is 255 g/mol. The molecule has 1 fully saturated rings. The van der Waals surface area contributed by atoms with E-state index in [0.29, 0.717) is 18.9 Å². The SMILES string of the molecule is CCOC(=O)CC1(N(CC)CC)CCCC(C)C1. The molecule has 0 saturated heterocycles. The minimum absolute atomic E-state index is 0.0292. The Morgan fingerprint density at radius 3 is 2.50 bits per heavy atom. The van der Waals surface area contributed by atoms with Crippen LogP contribution in [-0.2, 0) is 9.53 Å². The molecule has 0 spiro atoms. The number of hydrogen-bond acceptors (Lipinski definition) is 3. The van der Waals surface area contributed by atoms with Crippen molar-refractivity contribution in [3.05, 3.63) is 0 Å². The van der Waals surface area contributed by atoms with Crippen molar-refractivity contribution in [1.29, 1.82) is 0 Å². The van der Waals surface area contributed by atoms with Gasteiger partial charge in [0.1, 0.15) is 0 Å². The second-order valence-corrected chi connectivity index (χ2v) is 5.58. The molecule has 1 saturated carbocycles. The van der Waals surface area contributed by atoms with Gasteiger partial charge in [0.15, 0.2) is 0 Å². The van der Waals surface area contributed by atoms with Gasteiger partial charge in [0.2, 0.25) is 0 Å². The number of carbonyl (C=O) groups is 1. The molecule has 0 heterocycles. The van der Waals surface area contributed by atoms with Crippen LogP contribution in [0.1, 0.15) is 59.8 Å². The predicted molar refractivity (Wildman–Crippen MR) is 74.5 cm³/mol. The molecule has 0 aliphatic heterocycles. The van der Waals surface area contributed by atoms with Crippen LogP contribution in [0.4, 0.5) is 0 Å². The Balaban J connectivity index is 2.82. The van der Waals surface area contributed by atoms with Crippen LogP contribution < -0.4 is 0 Å². The second-order valence-electron chi connectivity index (χ2n) is 5.58. The number of carbonyl (C=O) groups excluding carboxylic acids is 1. The molecule has 0 aromatic heterocycles. The van der Waals surface area contributed by atoms with Crippen molar-refractivity contribution in [1.82, 2.24) is 4.90 Å². The van der Waals surface area contributed by atoms with Gasteiger partial charge in [-0.15, -0.1) is 0 Å². The molecule has 1 aliphatic carbocycles. The van der Waals surface area contributed by atoms with Crippen molar-refractivity contribution in [2.24, 2.45) is 5.92 Å². The van der Waals surface area contributed by atoms with E-state index in [-0.39, 0.29) is 11.5 Å². The van der Waals surface area contributed by atoms with Crippen LogP contribution in [-0.4, -0.2) is 36.1 Å². The number of hydrogen-bond donors (Lipinski definition) is 0. The van der Waals surface area contributed by atoms with E-state index in [0.717, 1.165) is 25.9 Å². The highest BCUT2D eigenvalue weighted by atomic mass is 16.5. The van der Waals surface area contributed by atoms with Gasteiger partial charge in [-0.2, -0.15) is 0 Å². The fourth-order valence-corrected chi connectivity index (χ4v) is 3.57. The zero-order valence-corrected chi connectivity index (χ0v) is 12.5. The molecule has 0 N–H and O–H groups in total. The molecule has 0 aromatic carbocycles. The van der Waals surface area contributed by atoms with Crippen LogP contribution in [0.15, 0.2) is 0 Å². The first-order valence-electron chi connectivity index (χ1n) is 7.48. The largest absolute Gasteiger partial charge is 0.466 e. The Bertz CT molecular complexity index is 263. The zero-order chi connectivity index (χ0) is 13.6. The van der Waals surface area contributed by atoms with E-state index in [4.69, 9.17) is 4.74 Å². The van der Waals surface area contributed by atoms with E-state index >= 15 is 0 Å². The van der Waals surface area contributed by atoms with Gasteiger partial charge in [0, 0.05) is 5.54 Å². The van der Waals surface area contributed by atoms with E-state index in [1.54, 1.807) is 0 Å². The third-order valence-electron chi connectivity index (χ3n) is 4.28. The van der Waals surface area contributed by atoms with Crippen molar-refractivity contribution in [3.63, 3.8) is 0 Å². The quantitative estimate of drug-likeness (QED) is 0.682. The lowest BCUT2D eigenvalue weighted by atomic mass is 9.73. The zero-order valence-electron chi connectivity index (χ0n) is 12.5. The van der Waals surface area contributed by atoms with Crippen LogP contribution >= 0.6 is 0 Å². The third kappa shape index (κ3) is 3.71. The summed E-state index contributed by atoms with van der Waals surface area (Å²) in [6, 6.07) is 0. The summed E-state index contributed by atoms with van der Waals surface area (Å²) in [6.45, 7) is 11.1. The summed E-state index contributed by atoms with van der Waals surface area (Å²) >= 11 is 0. The van der Waals surface area contributed by atoms with Crippen molar-refractivity contribution in [2.75, 3.05) is 19.7 Å². The highest BCUT2D eigenvalue weighted by molar-refractivity contribution is 5.71. The predicted octanol–water partition coefficient (Wildman–Crippen LogP) is 3.23. The maximum absolute atomic E-state index is 11.9. The monoisotopic (exact) mass is 255 g/mol. The summed E-state index contributed by atoms with van der Waals surface area (Å²) in [4.78, 5) is 14.4. The van der Waals surface area contributed by atoms with Gasteiger partial charge >= 0.3 is 5.97 Å². The third-order valence-corrected chi connectivity index (χ3v) is 4.28. The van der Waals surface area contributed by atoms with Gasteiger partial charge in [0.05, 0.1) is 13.0 Å². The smallest absolute Gasteiger partial charge is 0.307 e. The molecule has 106 valence electrons. The Morgan fingerprint density at radius 1 is 1.33 bits per heavy atom. The van der Waals surface area contributed by atoms with E-state index in [2.05, 4.69) is 25.7 Å². The van der Waals surface area contributed by atoms with Gasteiger partial charge < -0.3 is 4.74 Å². The lowest BCUT2D eigenvalue weighted by molar-refractivity contribution is -0.147. The lowest BCUT2D eigenvalue weighted by Gasteiger charge is -2.47. The molecule has 2 unspecified atom stereocenters. The normalized spacial score (nSPS) is 28.4. The van der Waals surface area contributed by atoms with Crippen molar-refractivity contribution in [2.45, 2.75) is 65.3 Å². The van der Waals surface area contributed by atoms with E-state index in [1.165, 1.54) is 12.8 Å². The molecule has 3 nitrogen and oxygen atoms in total. The molecule has 3 heteroatoms.